The van der Waals surface area contributed by atoms with E-state index in [-0.39, 0.29) is 19.0 Å². The number of alkyl halides is 3. The highest BCUT2D eigenvalue weighted by atomic mass is 19.4. The standard InChI is InChI=1S/C28H32F3N3O4/c1-19-24(25(35)33-14-13-32-22-8-5-7-21(18-22)28(29,30)31)27(38-26(19)36)11-16-34(17-12-27)15-10-20-6-3-4-9-23(20)37-2/h3-9,18,32H,10-17H2,1-2H3,(H,33,35). The second kappa shape index (κ2) is 11.5. The molecule has 1 fully saturated rings. The lowest BCUT2D eigenvalue weighted by Gasteiger charge is -2.39. The number of anilines is 1. The Labute approximate surface area is 220 Å². The highest BCUT2D eigenvalue weighted by Crippen LogP contribution is 2.41. The average Bonchev–Trinajstić information content (AvgIpc) is 3.14. The number of ether oxygens (including phenoxy) is 2. The number of amides is 1. The van der Waals surface area contributed by atoms with Crippen LogP contribution in [-0.4, -0.2) is 62.2 Å². The zero-order chi connectivity index (χ0) is 27.3. The number of carbonyl (C=O) groups is 2. The maximum Gasteiger partial charge on any atom is 0.416 e. The summed E-state index contributed by atoms with van der Waals surface area (Å²) in [4.78, 5) is 27.9. The molecule has 1 spiro atoms. The van der Waals surface area contributed by atoms with Crippen molar-refractivity contribution in [1.29, 1.82) is 0 Å². The lowest BCUT2D eigenvalue weighted by molar-refractivity contribution is -0.150. The smallest absolute Gasteiger partial charge is 0.416 e. The van der Waals surface area contributed by atoms with Gasteiger partial charge < -0.3 is 25.0 Å². The fraction of sp³-hybridized carbons (Fsp3) is 0.429. The number of hydrogen-bond acceptors (Lipinski definition) is 6. The Morgan fingerprint density at radius 3 is 2.55 bits per heavy atom. The Kier molecular flexibility index (Phi) is 8.30. The van der Waals surface area contributed by atoms with E-state index in [1.165, 1.54) is 12.1 Å². The molecule has 0 saturated carbocycles. The minimum Gasteiger partial charge on any atom is -0.496 e. The molecule has 1 saturated heterocycles. The quantitative estimate of drug-likeness (QED) is 0.373. The molecule has 2 aromatic rings. The zero-order valence-corrected chi connectivity index (χ0v) is 21.5. The van der Waals surface area contributed by atoms with Crippen LogP contribution in [-0.2, 0) is 26.9 Å². The average molecular weight is 532 g/mol. The highest BCUT2D eigenvalue weighted by Gasteiger charge is 2.50. The monoisotopic (exact) mass is 531 g/mol. The summed E-state index contributed by atoms with van der Waals surface area (Å²) in [7, 11) is 1.65. The number of para-hydroxylation sites is 1. The van der Waals surface area contributed by atoms with Crippen molar-refractivity contribution in [2.24, 2.45) is 0 Å². The van der Waals surface area contributed by atoms with E-state index in [1.54, 1.807) is 14.0 Å². The second-order valence-electron chi connectivity index (χ2n) is 9.55. The molecule has 0 atom stereocenters. The number of methoxy groups -OCH3 is 1. The van der Waals surface area contributed by atoms with Crippen LogP contribution in [0.15, 0.2) is 59.7 Å². The Bertz CT molecular complexity index is 1200. The number of benzene rings is 2. The van der Waals surface area contributed by atoms with Crippen molar-refractivity contribution in [1.82, 2.24) is 10.2 Å². The molecule has 2 aliphatic rings. The lowest BCUT2D eigenvalue weighted by Crippen LogP contribution is -2.49. The molecule has 0 radical (unpaired) electrons. The van der Waals surface area contributed by atoms with Gasteiger partial charge in [-0.05, 0) is 43.2 Å². The number of hydrogen-bond donors (Lipinski definition) is 2. The van der Waals surface area contributed by atoms with Crippen LogP contribution >= 0.6 is 0 Å². The maximum absolute atomic E-state index is 13.1. The summed E-state index contributed by atoms with van der Waals surface area (Å²) in [5, 5.41) is 5.68. The van der Waals surface area contributed by atoms with E-state index in [9.17, 15) is 22.8 Å². The molecule has 2 heterocycles. The third-order valence-corrected chi connectivity index (χ3v) is 7.14. The maximum atomic E-state index is 13.1. The van der Waals surface area contributed by atoms with Crippen LogP contribution in [0.4, 0.5) is 18.9 Å². The molecular formula is C28H32F3N3O4. The van der Waals surface area contributed by atoms with E-state index >= 15 is 0 Å². The van der Waals surface area contributed by atoms with Crippen LogP contribution in [0.5, 0.6) is 5.75 Å². The van der Waals surface area contributed by atoms with Crippen LogP contribution in [0.3, 0.4) is 0 Å². The lowest BCUT2D eigenvalue weighted by atomic mass is 9.82. The van der Waals surface area contributed by atoms with Gasteiger partial charge in [0.05, 0.1) is 18.2 Å². The van der Waals surface area contributed by atoms with Gasteiger partial charge in [0.25, 0.3) is 5.91 Å². The zero-order valence-electron chi connectivity index (χ0n) is 21.5. The van der Waals surface area contributed by atoms with Crippen molar-refractivity contribution in [3.63, 3.8) is 0 Å². The number of rotatable bonds is 9. The van der Waals surface area contributed by atoms with Crippen LogP contribution in [0.1, 0.15) is 30.9 Å². The molecule has 0 aliphatic carbocycles. The second-order valence-corrected chi connectivity index (χ2v) is 9.55. The number of nitrogens with one attached hydrogen (secondary N) is 2. The van der Waals surface area contributed by atoms with Gasteiger partial charge in [-0.25, -0.2) is 4.79 Å². The van der Waals surface area contributed by atoms with Gasteiger partial charge in [0.2, 0.25) is 0 Å². The van der Waals surface area contributed by atoms with Crippen molar-refractivity contribution >= 4 is 17.6 Å². The van der Waals surface area contributed by atoms with Crippen LogP contribution in [0.25, 0.3) is 0 Å². The highest BCUT2D eigenvalue weighted by molar-refractivity contribution is 6.07. The SMILES string of the molecule is COc1ccccc1CCN1CCC2(CC1)OC(=O)C(C)=C2C(=O)NCCNc1cccc(C(F)(F)F)c1. The van der Waals surface area contributed by atoms with Gasteiger partial charge in [-0.2, -0.15) is 13.2 Å². The fourth-order valence-corrected chi connectivity index (χ4v) is 5.08. The summed E-state index contributed by atoms with van der Waals surface area (Å²) in [6.45, 7) is 4.14. The van der Waals surface area contributed by atoms with Crippen molar-refractivity contribution in [2.75, 3.05) is 45.2 Å². The molecule has 0 bridgehead atoms. The molecule has 4 rings (SSSR count). The Balaban J connectivity index is 1.31. The third-order valence-electron chi connectivity index (χ3n) is 7.14. The van der Waals surface area contributed by atoms with E-state index < -0.39 is 23.3 Å². The van der Waals surface area contributed by atoms with Gasteiger partial charge in [0.15, 0.2) is 0 Å². The molecule has 204 valence electrons. The van der Waals surface area contributed by atoms with E-state index in [2.05, 4.69) is 15.5 Å². The van der Waals surface area contributed by atoms with E-state index in [1.807, 2.05) is 24.3 Å². The summed E-state index contributed by atoms with van der Waals surface area (Å²) < 4.78 is 49.9. The summed E-state index contributed by atoms with van der Waals surface area (Å²) in [6, 6.07) is 12.8. The van der Waals surface area contributed by atoms with Crippen LogP contribution in [0, 0.1) is 0 Å². The minimum atomic E-state index is -4.43. The summed E-state index contributed by atoms with van der Waals surface area (Å²) in [5.74, 6) is -0.0212. The molecule has 7 nitrogen and oxygen atoms in total. The van der Waals surface area contributed by atoms with Crippen LogP contribution < -0.4 is 15.4 Å². The van der Waals surface area contributed by atoms with Gasteiger partial charge >= 0.3 is 12.1 Å². The number of piperidine rings is 1. The summed E-state index contributed by atoms with van der Waals surface area (Å²) in [6.07, 6.45) is -2.60. The van der Waals surface area contributed by atoms with Crippen molar-refractivity contribution in [3.8, 4) is 5.75 Å². The normalized spacial score (nSPS) is 17.4. The first-order valence-electron chi connectivity index (χ1n) is 12.6. The first-order valence-corrected chi connectivity index (χ1v) is 12.6. The molecule has 2 N–H and O–H groups in total. The van der Waals surface area contributed by atoms with E-state index in [0.717, 1.165) is 36.4 Å². The Hall–Kier alpha value is -3.53. The molecule has 2 aliphatic heterocycles. The molecule has 10 heteroatoms. The topological polar surface area (TPSA) is 79.9 Å². The first kappa shape index (κ1) is 27.5. The molecule has 2 aromatic carbocycles. The van der Waals surface area contributed by atoms with Gasteiger partial charge in [0.1, 0.15) is 11.4 Å². The van der Waals surface area contributed by atoms with Gasteiger partial charge in [-0.3, -0.25) is 4.79 Å². The fourth-order valence-electron chi connectivity index (χ4n) is 5.08. The van der Waals surface area contributed by atoms with E-state index in [0.29, 0.717) is 42.8 Å². The van der Waals surface area contributed by atoms with Crippen molar-refractivity contribution in [3.05, 3.63) is 70.8 Å². The van der Waals surface area contributed by atoms with Crippen molar-refractivity contribution in [2.45, 2.75) is 38.0 Å². The van der Waals surface area contributed by atoms with Crippen LogP contribution in [0.2, 0.25) is 0 Å². The predicted molar refractivity (Wildman–Crippen MR) is 137 cm³/mol. The Morgan fingerprint density at radius 2 is 1.84 bits per heavy atom. The van der Waals surface area contributed by atoms with Crippen molar-refractivity contribution < 1.29 is 32.2 Å². The van der Waals surface area contributed by atoms with Gasteiger partial charge in [0, 0.05) is 56.8 Å². The number of likely N-dealkylation sites (tertiary alicyclic amines) is 1. The molecule has 1 amide bonds. The third kappa shape index (κ3) is 6.12. The molecular weight excluding hydrogens is 499 g/mol. The predicted octanol–water partition coefficient (Wildman–Crippen LogP) is 4.19. The summed E-state index contributed by atoms with van der Waals surface area (Å²) >= 11 is 0. The van der Waals surface area contributed by atoms with Gasteiger partial charge in [-0.15, -0.1) is 0 Å². The number of esters is 1. The largest absolute Gasteiger partial charge is 0.496 e. The first-order chi connectivity index (χ1) is 18.1. The molecule has 0 aromatic heterocycles. The van der Waals surface area contributed by atoms with Gasteiger partial charge in [-0.1, -0.05) is 24.3 Å². The Morgan fingerprint density at radius 1 is 1.11 bits per heavy atom. The number of halogens is 3. The summed E-state index contributed by atoms with van der Waals surface area (Å²) in [5.41, 5.74) is 0.380. The number of nitrogens with zero attached hydrogens (tertiary/aromatic N) is 1. The number of carbonyl (C=O) groups excluding carboxylic acids is 2. The minimum absolute atomic E-state index is 0.168. The molecule has 38 heavy (non-hydrogen) atoms. The molecule has 0 unspecified atom stereocenters. The van der Waals surface area contributed by atoms with E-state index in [4.69, 9.17) is 9.47 Å².